The molecule has 0 saturated carbocycles. The lowest BCUT2D eigenvalue weighted by atomic mass is 10.1. The summed E-state index contributed by atoms with van der Waals surface area (Å²) in [4.78, 5) is 11.8. The molecule has 132 valence electrons. The lowest BCUT2D eigenvalue weighted by molar-refractivity contribution is -0.143. The Morgan fingerprint density at radius 2 is 1.91 bits per heavy atom. The highest BCUT2D eigenvalue weighted by Crippen LogP contribution is 2.24. The fourth-order valence-corrected chi connectivity index (χ4v) is 2.28. The van der Waals surface area contributed by atoms with Gasteiger partial charge in [0.1, 0.15) is 6.54 Å². The van der Waals surface area contributed by atoms with Crippen molar-refractivity contribution >= 4 is 6.03 Å². The van der Waals surface area contributed by atoms with Gasteiger partial charge in [0.15, 0.2) is 0 Å². The minimum atomic E-state index is -4.36. The second-order valence-corrected chi connectivity index (χ2v) is 6.22. The molecule has 1 aromatic rings. The summed E-state index contributed by atoms with van der Waals surface area (Å²) in [7, 11) is 0. The number of aryl methyl sites for hydroxylation is 1. The van der Waals surface area contributed by atoms with E-state index in [0.717, 1.165) is 4.68 Å². The van der Waals surface area contributed by atoms with Crippen molar-refractivity contribution in [2.75, 3.05) is 6.54 Å². The molecule has 1 atom stereocenters. The first-order valence-corrected chi connectivity index (χ1v) is 7.17. The molecular formula is C14H23F3N4O2. The second-order valence-electron chi connectivity index (χ2n) is 6.22. The maximum Gasteiger partial charge on any atom is 0.408 e. The third kappa shape index (κ3) is 6.09. The predicted octanol–water partition coefficient (Wildman–Crippen LogP) is 2.19. The number of hydrogen-bond acceptors (Lipinski definition) is 3. The van der Waals surface area contributed by atoms with E-state index in [-0.39, 0.29) is 6.54 Å². The van der Waals surface area contributed by atoms with E-state index < -0.39 is 30.4 Å². The number of carbonyl (C=O) groups is 1. The number of aliphatic hydroxyl groups is 1. The van der Waals surface area contributed by atoms with E-state index in [9.17, 15) is 23.1 Å². The molecule has 0 radical (unpaired) electrons. The molecule has 3 N–H and O–H groups in total. The van der Waals surface area contributed by atoms with Gasteiger partial charge in [0.05, 0.1) is 17.3 Å². The fraction of sp³-hybridized carbons (Fsp3) is 0.714. The summed E-state index contributed by atoms with van der Waals surface area (Å²) in [5.41, 5.74) is 0.286. The zero-order valence-electron chi connectivity index (χ0n) is 13.9. The number of rotatable bonds is 5. The number of halogens is 3. The highest BCUT2D eigenvalue weighted by Gasteiger charge is 2.31. The highest BCUT2D eigenvalue weighted by atomic mass is 19.4. The third-order valence-corrected chi connectivity index (χ3v) is 3.23. The molecule has 0 unspecified atom stereocenters. The molecule has 0 spiro atoms. The minimum absolute atomic E-state index is 0.0524. The molecule has 2 amide bonds. The average Bonchev–Trinajstić information content (AvgIpc) is 2.58. The Kier molecular flexibility index (Phi) is 5.68. The van der Waals surface area contributed by atoms with Crippen LogP contribution in [0.1, 0.15) is 43.8 Å². The lowest BCUT2D eigenvalue weighted by Crippen LogP contribution is -2.44. The van der Waals surface area contributed by atoms with Crippen molar-refractivity contribution in [2.24, 2.45) is 0 Å². The van der Waals surface area contributed by atoms with Crippen LogP contribution in [0.4, 0.5) is 18.0 Å². The maximum absolute atomic E-state index is 12.5. The van der Waals surface area contributed by atoms with Crippen LogP contribution in [0.15, 0.2) is 0 Å². The van der Waals surface area contributed by atoms with E-state index in [1.165, 1.54) is 6.92 Å². The molecule has 1 heterocycles. The van der Waals surface area contributed by atoms with Gasteiger partial charge in [0, 0.05) is 17.8 Å². The van der Waals surface area contributed by atoms with Gasteiger partial charge >= 0.3 is 12.2 Å². The Labute approximate surface area is 133 Å². The first-order valence-electron chi connectivity index (χ1n) is 7.17. The Bertz CT molecular complexity index is 562. The Balaban J connectivity index is 2.80. The Morgan fingerprint density at radius 1 is 1.35 bits per heavy atom. The van der Waals surface area contributed by atoms with Crippen LogP contribution < -0.4 is 10.6 Å². The maximum atomic E-state index is 12.5. The molecule has 0 fully saturated rings. The van der Waals surface area contributed by atoms with Crippen LogP contribution in [-0.4, -0.2) is 39.2 Å². The molecule has 0 bridgehead atoms. The number of urea groups is 1. The predicted molar refractivity (Wildman–Crippen MR) is 79.0 cm³/mol. The number of nitrogens with one attached hydrogen (secondary N) is 2. The molecule has 1 rings (SSSR count). The molecule has 0 aliphatic carbocycles. The van der Waals surface area contributed by atoms with Gasteiger partial charge in [-0.15, -0.1) is 0 Å². The normalized spacial score (nSPS) is 13.8. The minimum Gasteiger partial charge on any atom is -0.389 e. The monoisotopic (exact) mass is 336 g/mol. The summed E-state index contributed by atoms with van der Waals surface area (Å²) < 4.78 is 38.5. The van der Waals surface area contributed by atoms with E-state index in [0.29, 0.717) is 17.0 Å². The van der Waals surface area contributed by atoms with Crippen molar-refractivity contribution in [3.8, 4) is 0 Å². The lowest BCUT2D eigenvalue weighted by Gasteiger charge is -2.20. The number of nitrogens with zero attached hydrogens (tertiary/aromatic N) is 2. The van der Waals surface area contributed by atoms with Crippen molar-refractivity contribution < 1.29 is 23.1 Å². The van der Waals surface area contributed by atoms with Crippen molar-refractivity contribution in [1.29, 1.82) is 0 Å². The fourth-order valence-electron chi connectivity index (χ4n) is 2.28. The van der Waals surface area contributed by atoms with E-state index >= 15 is 0 Å². The van der Waals surface area contributed by atoms with Gasteiger partial charge in [0.2, 0.25) is 0 Å². The highest BCUT2D eigenvalue weighted by molar-refractivity contribution is 5.74. The average molecular weight is 336 g/mol. The van der Waals surface area contributed by atoms with E-state index in [1.807, 2.05) is 0 Å². The summed E-state index contributed by atoms with van der Waals surface area (Å²) in [6.45, 7) is 6.78. The van der Waals surface area contributed by atoms with Crippen LogP contribution in [0.3, 0.4) is 0 Å². The van der Waals surface area contributed by atoms with Gasteiger partial charge in [0.25, 0.3) is 0 Å². The molecular weight excluding hydrogens is 313 g/mol. The van der Waals surface area contributed by atoms with E-state index in [4.69, 9.17) is 0 Å². The van der Waals surface area contributed by atoms with Gasteiger partial charge in [-0.05, 0) is 34.6 Å². The van der Waals surface area contributed by atoms with Crippen LogP contribution in [0, 0.1) is 13.8 Å². The van der Waals surface area contributed by atoms with Gasteiger partial charge < -0.3 is 15.7 Å². The molecule has 0 saturated heterocycles. The van der Waals surface area contributed by atoms with Crippen LogP contribution >= 0.6 is 0 Å². The second kappa shape index (κ2) is 6.77. The van der Waals surface area contributed by atoms with Crippen molar-refractivity contribution in [1.82, 2.24) is 20.4 Å². The van der Waals surface area contributed by atoms with Gasteiger partial charge in [-0.2, -0.15) is 18.3 Å². The summed E-state index contributed by atoms with van der Waals surface area (Å²) in [5.74, 6) is 0. The topological polar surface area (TPSA) is 79.2 Å². The Morgan fingerprint density at radius 3 is 2.39 bits per heavy atom. The van der Waals surface area contributed by atoms with Crippen LogP contribution in [0.2, 0.25) is 0 Å². The SMILES string of the molecule is Cc1nn(CC(F)(F)F)c(C)c1[C@H](C)NC(=O)NCC(C)(C)O. The molecule has 6 nitrogen and oxygen atoms in total. The number of aromatic nitrogens is 2. The number of hydrogen-bond donors (Lipinski definition) is 3. The van der Waals surface area contributed by atoms with Gasteiger partial charge in [-0.25, -0.2) is 4.79 Å². The van der Waals surface area contributed by atoms with Crippen molar-refractivity contribution in [3.63, 3.8) is 0 Å². The van der Waals surface area contributed by atoms with Crippen molar-refractivity contribution in [3.05, 3.63) is 17.0 Å². The number of amides is 2. The zero-order valence-corrected chi connectivity index (χ0v) is 13.9. The molecule has 9 heteroatoms. The summed E-state index contributed by atoms with van der Waals surface area (Å²) in [5, 5.41) is 18.6. The van der Waals surface area contributed by atoms with Crippen molar-refractivity contribution in [2.45, 2.75) is 59.0 Å². The zero-order chi connectivity index (χ0) is 18.0. The van der Waals surface area contributed by atoms with Crippen LogP contribution in [0.5, 0.6) is 0 Å². The van der Waals surface area contributed by atoms with Crippen LogP contribution in [0.25, 0.3) is 0 Å². The van der Waals surface area contributed by atoms with E-state index in [1.54, 1.807) is 27.7 Å². The molecule has 0 aliphatic rings. The smallest absolute Gasteiger partial charge is 0.389 e. The summed E-state index contributed by atoms with van der Waals surface area (Å²) in [6, 6.07) is -1.03. The first-order chi connectivity index (χ1) is 10.3. The quantitative estimate of drug-likeness (QED) is 0.771. The summed E-state index contributed by atoms with van der Waals surface area (Å²) in [6.07, 6.45) is -4.36. The standard InChI is InChI=1S/C14H23F3N4O2/c1-8(19-12(22)18-6-13(4,5)23)11-9(2)20-21(10(11)3)7-14(15,16)17/h8,23H,6-7H2,1-5H3,(H2,18,19,22)/t8-/m0/s1. The first kappa shape index (κ1) is 19.3. The summed E-state index contributed by atoms with van der Waals surface area (Å²) >= 11 is 0. The number of carbonyl (C=O) groups excluding carboxylic acids is 1. The third-order valence-electron chi connectivity index (χ3n) is 3.23. The molecule has 23 heavy (non-hydrogen) atoms. The Hall–Kier alpha value is -1.77. The number of alkyl halides is 3. The van der Waals surface area contributed by atoms with Crippen LogP contribution in [-0.2, 0) is 6.54 Å². The van der Waals surface area contributed by atoms with Gasteiger partial charge in [-0.3, -0.25) is 4.68 Å². The largest absolute Gasteiger partial charge is 0.408 e. The molecule has 0 aromatic carbocycles. The van der Waals surface area contributed by atoms with Gasteiger partial charge in [-0.1, -0.05) is 0 Å². The molecule has 1 aromatic heterocycles. The molecule has 0 aliphatic heterocycles. The van der Waals surface area contributed by atoms with E-state index in [2.05, 4.69) is 15.7 Å².